The van der Waals surface area contributed by atoms with Crippen molar-refractivity contribution in [3.63, 3.8) is 0 Å². The fourth-order valence-corrected chi connectivity index (χ4v) is 3.38. The lowest BCUT2D eigenvalue weighted by atomic mass is 9.93. The van der Waals surface area contributed by atoms with Gasteiger partial charge in [-0.2, -0.15) is 5.10 Å². The Morgan fingerprint density at radius 1 is 1.39 bits per heavy atom. The van der Waals surface area contributed by atoms with E-state index in [-0.39, 0.29) is 11.9 Å². The van der Waals surface area contributed by atoms with E-state index >= 15 is 0 Å². The third-order valence-corrected chi connectivity index (χ3v) is 5.02. The highest BCUT2D eigenvalue weighted by molar-refractivity contribution is 6.30. The van der Waals surface area contributed by atoms with Crippen LogP contribution in [0.3, 0.4) is 0 Å². The minimum absolute atomic E-state index is 0.0842. The van der Waals surface area contributed by atoms with E-state index in [1.807, 2.05) is 48.7 Å². The van der Waals surface area contributed by atoms with E-state index in [0.29, 0.717) is 23.1 Å². The van der Waals surface area contributed by atoms with E-state index in [0.717, 1.165) is 18.5 Å². The van der Waals surface area contributed by atoms with Crippen molar-refractivity contribution in [3.8, 4) is 5.69 Å². The summed E-state index contributed by atoms with van der Waals surface area (Å²) >= 11 is 5.79. The molecule has 2 heterocycles. The Morgan fingerprint density at radius 3 is 2.96 bits per heavy atom. The number of amides is 1. The predicted octanol–water partition coefficient (Wildman–Crippen LogP) is 4.18. The number of rotatable bonds is 8. The molecule has 1 aromatic carbocycles. The summed E-state index contributed by atoms with van der Waals surface area (Å²) in [5.74, 6) is 0.308. The quantitative estimate of drug-likeness (QED) is 0.519. The third kappa shape index (κ3) is 4.93. The van der Waals surface area contributed by atoms with Crippen molar-refractivity contribution >= 4 is 17.5 Å². The van der Waals surface area contributed by atoms with Crippen LogP contribution in [0.15, 0.2) is 78.3 Å². The molecule has 5 nitrogen and oxygen atoms in total. The molecule has 1 aromatic heterocycles. The van der Waals surface area contributed by atoms with Gasteiger partial charge in [0.2, 0.25) is 0 Å². The molecule has 146 valence electrons. The molecule has 3 rings (SSSR count). The molecule has 0 radical (unpaired) electrons. The lowest BCUT2D eigenvalue weighted by Gasteiger charge is -2.15. The van der Waals surface area contributed by atoms with Gasteiger partial charge in [-0.25, -0.2) is 4.68 Å². The van der Waals surface area contributed by atoms with Crippen molar-refractivity contribution in [1.82, 2.24) is 20.4 Å². The van der Waals surface area contributed by atoms with Crippen LogP contribution in [0, 0.1) is 5.92 Å². The van der Waals surface area contributed by atoms with E-state index in [1.54, 1.807) is 10.9 Å². The average Bonchev–Trinajstić information content (AvgIpc) is 3.34. The van der Waals surface area contributed by atoms with Crippen molar-refractivity contribution < 1.29 is 4.79 Å². The third-order valence-electron chi connectivity index (χ3n) is 4.90. The van der Waals surface area contributed by atoms with Crippen LogP contribution in [0.4, 0.5) is 0 Å². The van der Waals surface area contributed by atoms with Crippen LogP contribution in [0.2, 0.25) is 0 Å². The highest BCUT2D eigenvalue weighted by Gasteiger charge is 2.23. The number of carbonyl (C=O) groups is 1. The van der Waals surface area contributed by atoms with Gasteiger partial charge in [0.05, 0.1) is 17.3 Å². The Labute approximate surface area is 170 Å². The molecular formula is C22H25ClN4O. The molecule has 1 aliphatic rings. The zero-order valence-electron chi connectivity index (χ0n) is 15.9. The second-order valence-corrected chi connectivity index (χ2v) is 7.32. The Hall–Kier alpha value is -2.79. The van der Waals surface area contributed by atoms with Gasteiger partial charge < -0.3 is 10.6 Å². The lowest BCUT2D eigenvalue weighted by Crippen LogP contribution is -2.26. The maximum atomic E-state index is 12.6. The number of halogens is 1. The van der Waals surface area contributed by atoms with E-state index in [2.05, 4.69) is 35.4 Å². The molecule has 0 bridgehead atoms. The van der Waals surface area contributed by atoms with Crippen LogP contribution in [0.5, 0.6) is 0 Å². The van der Waals surface area contributed by atoms with Gasteiger partial charge in [0.25, 0.3) is 5.91 Å². The zero-order chi connectivity index (χ0) is 19.9. The van der Waals surface area contributed by atoms with Crippen molar-refractivity contribution in [1.29, 1.82) is 0 Å². The number of hydrogen-bond donors (Lipinski definition) is 2. The second-order valence-electron chi connectivity index (χ2n) is 6.83. The summed E-state index contributed by atoms with van der Waals surface area (Å²) < 4.78 is 1.70. The molecule has 0 fully saturated rings. The molecule has 1 amide bonds. The largest absolute Gasteiger partial charge is 0.384 e. The van der Waals surface area contributed by atoms with Crippen LogP contribution >= 0.6 is 11.6 Å². The number of nitrogens with one attached hydrogen (secondary N) is 2. The average molecular weight is 397 g/mol. The Morgan fingerprint density at radius 2 is 2.21 bits per heavy atom. The van der Waals surface area contributed by atoms with Gasteiger partial charge in [0.1, 0.15) is 0 Å². The first kappa shape index (κ1) is 20.0. The number of aromatic nitrogens is 2. The fourth-order valence-electron chi connectivity index (χ4n) is 3.31. The summed E-state index contributed by atoms with van der Waals surface area (Å²) in [7, 11) is 0. The van der Waals surface area contributed by atoms with Gasteiger partial charge >= 0.3 is 0 Å². The first-order valence-corrected chi connectivity index (χ1v) is 9.79. The lowest BCUT2D eigenvalue weighted by molar-refractivity contribution is 0.0953. The van der Waals surface area contributed by atoms with Crippen LogP contribution in [-0.2, 0) is 0 Å². The summed E-state index contributed by atoms with van der Waals surface area (Å²) in [4.78, 5) is 12.6. The SMILES string of the molecule is C=C(Cl)/C=C\C1NC=C(CCCNC(=O)c2ccccc2-n2cccn2)C1C. The number of benzene rings is 1. The summed E-state index contributed by atoms with van der Waals surface area (Å²) in [6.07, 6.45) is 11.3. The number of allylic oxidation sites excluding steroid dienone is 2. The van der Waals surface area contributed by atoms with Gasteiger partial charge in [0, 0.05) is 29.9 Å². The molecule has 0 spiro atoms. The van der Waals surface area contributed by atoms with Crippen molar-refractivity contribution in [2.45, 2.75) is 25.8 Å². The van der Waals surface area contributed by atoms with Crippen LogP contribution in [0.25, 0.3) is 5.69 Å². The molecular weight excluding hydrogens is 372 g/mol. The maximum Gasteiger partial charge on any atom is 0.253 e. The summed E-state index contributed by atoms with van der Waals surface area (Å²) in [5, 5.41) is 11.1. The molecule has 0 saturated carbocycles. The van der Waals surface area contributed by atoms with Gasteiger partial charge in [-0.3, -0.25) is 4.79 Å². The molecule has 0 saturated heterocycles. The second kappa shape index (κ2) is 9.42. The molecule has 6 heteroatoms. The molecule has 2 N–H and O–H groups in total. The Kier molecular flexibility index (Phi) is 6.71. The molecule has 1 aliphatic heterocycles. The van der Waals surface area contributed by atoms with Gasteiger partial charge in [-0.1, -0.05) is 43.3 Å². The zero-order valence-corrected chi connectivity index (χ0v) is 16.7. The minimum Gasteiger partial charge on any atom is -0.384 e. The van der Waals surface area contributed by atoms with E-state index in [9.17, 15) is 4.79 Å². The van der Waals surface area contributed by atoms with Crippen molar-refractivity contribution in [3.05, 3.63) is 83.8 Å². The van der Waals surface area contributed by atoms with Crippen LogP contribution in [0.1, 0.15) is 30.1 Å². The monoisotopic (exact) mass is 396 g/mol. The Balaban J connectivity index is 1.49. The number of hydrogen-bond acceptors (Lipinski definition) is 3. The molecule has 0 aliphatic carbocycles. The standard InChI is InChI=1S/C22H25ClN4O/c1-16(23)10-11-20-17(2)18(15-25-20)7-5-12-24-22(28)19-8-3-4-9-21(19)27-14-6-13-26-27/h3-4,6,8-11,13-15,17,20,25H,1,5,7,12H2,2H3,(H,24,28)/b11-10-. The molecule has 2 atom stereocenters. The smallest absolute Gasteiger partial charge is 0.253 e. The van der Waals surface area contributed by atoms with Gasteiger partial charge in [0.15, 0.2) is 0 Å². The topological polar surface area (TPSA) is 58.9 Å². The highest BCUT2D eigenvalue weighted by Crippen LogP contribution is 2.25. The summed E-state index contributed by atoms with van der Waals surface area (Å²) in [6.45, 7) is 6.48. The summed E-state index contributed by atoms with van der Waals surface area (Å²) in [5.41, 5.74) is 2.74. The fraction of sp³-hybridized carbons (Fsp3) is 0.273. The summed E-state index contributed by atoms with van der Waals surface area (Å²) in [6, 6.07) is 9.55. The van der Waals surface area contributed by atoms with Crippen LogP contribution < -0.4 is 10.6 Å². The minimum atomic E-state index is -0.0842. The number of nitrogens with zero attached hydrogens (tertiary/aromatic N) is 2. The van der Waals surface area contributed by atoms with Crippen molar-refractivity contribution in [2.24, 2.45) is 5.92 Å². The molecule has 2 unspecified atom stereocenters. The highest BCUT2D eigenvalue weighted by atomic mass is 35.5. The maximum absolute atomic E-state index is 12.6. The van der Waals surface area contributed by atoms with E-state index < -0.39 is 0 Å². The molecule has 28 heavy (non-hydrogen) atoms. The molecule has 2 aromatic rings. The first-order chi connectivity index (χ1) is 13.6. The van der Waals surface area contributed by atoms with Gasteiger partial charge in [-0.15, -0.1) is 0 Å². The van der Waals surface area contributed by atoms with Crippen molar-refractivity contribution in [2.75, 3.05) is 6.54 Å². The Bertz CT molecular complexity index is 886. The number of carbonyl (C=O) groups excluding carboxylic acids is 1. The van der Waals surface area contributed by atoms with Crippen LogP contribution in [-0.4, -0.2) is 28.3 Å². The number of para-hydroxylation sites is 1. The normalized spacial score (nSPS) is 18.7. The first-order valence-electron chi connectivity index (χ1n) is 9.41. The van der Waals surface area contributed by atoms with Gasteiger partial charge in [-0.05, 0) is 48.9 Å². The predicted molar refractivity (Wildman–Crippen MR) is 113 cm³/mol. The van der Waals surface area contributed by atoms with E-state index in [4.69, 9.17) is 11.6 Å². The van der Waals surface area contributed by atoms with E-state index in [1.165, 1.54) is 5.57 Å².